The molecule has 5 aromatic rings. The van der Waals surface area contributed by atoms with Crippen LogP contribution in [0.3, 0.4) is 0 Å². The maximum atomic E-state index is 13.3. The molecule has 0 spiro atoms. The summed E-state index contributed by atoms with van der Waals surface area (Å²) >= 11 is 0. The van der Waals surface area contributed by atoms with Gasteiger partial charge >= 0.3 is 0 Å². The number of carbonyl (C=O) groups is 1. The number of nitrogens with one attached hydrogen (secondary N) is 1. The molecule has 0 saturated carbocycles. The Morgan fingerprint density at radius 1 is 0.886 bits per heavy atom. The highest BCUT2D eigenvalue weighted by molar-refractivity contribution is 5.80. The number of benzene rings is 3. The lowest BCUT2D eigenvalue weighted by atomic mass is 10.1. The van der Waals surface area contributed by atoms with E-state index in [1.165, 1.54) is 0 Å². The van der Waals surface area contributed by atoms with Crippen LogP contribution in [0, 0.1) is 0 Å². The van der Waals surface area contributed by atoms with E-state index in [0.717, 1.165) is 16.6 Å². The molecule has 1 amide bonds. The number of carbonyl (C=O) groups excluding carboxylic acids is 1. The van der Waals surface area contributed by atoms with Crippen molar-refractivity contribution in [3.63, 3.8) is 0 Å². The zero-order valence-corrected chi connectivity index (χ0v) is 19.6. The molecule has 0 aliphatic rings. The zero-order chi connectivity index (χ0) is 24.2. The first-order chi connectivity index (χ1) is 17.1. The summed E-state index contributed by atoms with van der Waals surface area (Å²) in [5.74, 6) is 1.10. The molecule has 0 unspecified atom stereocenters. The van der Waals surface area contributed by atoms with Gasteiger partial charge in [0.2, 0.25) is 11.7 Å². The molecular weight excluding hydrogens is 438 g/mol. The van der Waals surface area contributed by atoms with Gasteiger partial charge in [0.15, 0.2) is 0 Å². The average molecular weight is 466 g/mol. The minimum Gasteiger partial charge on any atom is -0.350 e. The molecule has 0 aliphatic carbocycles. The molecule has 35 heavy (non-hydrogen) atoms. The summed E-state index contributed by atoms with van der Waals surface area (Å²) in [6, 6.07) is 27.3. The summed E-state index contributed by atoms with van der Waals surface area (Å²) in [4.78, 5) is 26.0. The zero-order valence-electron chi connectivity index (χ0n) is 19.6. The van der Waals surface area contributed by atoms with Gasteiger partial charge < -0.3 is 5.32 Å². The topological polar surface area (TPSA) is 81.3 Å². The van der Waals surface area contributed by atoms with Crippen LogP contribution in [-0.4, -0.2) is 25.1 Å². The highest BCUT2D eigenvalue weighted by Gasteiger charge is 2.18. The van der Waals surface area contributed by atoms with E-state index in [1.54, 1.807) is 4.57 Å². The first kappa shape index (κ1) is 22.5. The Kier molecular flexibility index (Phi) is 6.39. The van der Waals surface area contributed by atoms with Crippen molar-refractivity contribution in [2.75, 3.05) is 0 Å². The third kappa shape index (κ3) is 4.71. The average Bonchev–Trinajstić information content (AvgIpc) is 3.32. The van der Waals surface area contributed by atoms with Crippen molar-refractivity contribution in [2.45, 2.75) is 38.8 Å². The van der Waals surface area contributed by atoms with Crippen molar-refractivity contribution in [1.82, 2.24) is 24.5 Å². The summed E-state index contributed by atoms with van der Waals surface area (Å²) < 4.78 is 3.60. The van der Waals surface area contributed by atoms with Gasteiger partial charge in [0.25, 0.3) is 5.56 Å². The first-order valence-corrected chi connectivity index (χ1v) is 11.9. The molecule has 2 aromatic heterocycles. The summed E-state index contributed by atoms with van der Waals surface area (Å²) in [5, 5.41) is 12.4. The molecule has 0 fully saturated rings. The van der Waals surface area contributed by atoms with E-state index in [4.69, 9.17) is 0 Å². The lowest BCUT2D eigenvalue weighted by molar-refractivity contribution is -0.121. The van der Waals surface area contributed by atoms with Gasteiger partial charge in [-0.15, -0.1) is 10.2 Å². The third-order valence-corrected chi connectivity index (χ3v) is 6.29. The van der Waals surface area contributed by atoms with Crippen LogP contribution in [0.4, 0.5) is 0 Å². The number of para-hydroxylation sites is 1. The van der Waals surface area contributed by atoms with Crippen LogP contribution in [0.15, 0.2) is 89.7 Å². The van der Waals surface area contributed by atoms with Crippen LogP contribution in [0.1, 0.15) is 36.3 Å². The number of hydrogen-bond acceptors (Lipinski definition) is 4. The predicted molar refractivity (Wildman–Crippen MR) is 136 cm³/mol. The molecule has 3 aromatic carbocycles. The Labute approximate surface area is 203 Å². The van der Waals surface area contributed by atoms with Crippen LogP contribution >= 0.6 is 0 Å². The minimum absolute atomic E-state index is 0.0557. The fourth-order valence-corrected chi connectivity index (χ4v) is 4.43. The van der Waals surface area contributed by atoms with E-state index >= 15 is 0 Å². The minimum atomic E-state index is -0.0857. The molecule has 0 bridgehead atoms. The Bertz CT molecular complexity index is 1520. The largest absolute Gasteiger partial charge is 0.350 e. The number of aromatic nitrogens is 4. The summed E-state index contributed by atoms with van der Waals surface area (Å²) in [6.07, 6.45) is 1.39. The molecule has 5 rings (SSSR count). The Hall–Kier alpha value is -4.26. The van der Waals surface area contributed by atoms with E-state index < -0.39 is 0 Å². The molecular formula is C28H27N5O2. The van der Waals surface area contributed by atoms with Crippen molar-refractivity contribution in [2.24, 2.45) is 0 Å². The van der Waals surface area contributed by atoms with Crippen molar-refractivity contribution in [1.29, 1.82) is 0 Å². The summed E-state index contributed by atoms with van der Waals surface area (Å²) in [7, 11) is 0. The second-order valence-corrected chi connectivity index (χ2v) is 8.66. The fourth-order valence-electron chi connectivity index (χ4n) is 4.43. The van der Waals surface area contributed by atoms with Gasteiger partial charge in [0.05, 0.1) is 16.9 Å². The van der Waals surface area contributed by atoms with Crippen LogP contribution in [-0.2, 0) is 24.2 Å². The van der Waals surface area contributed by atoms with Gasteiger partial charge in [-0.3, -0.25) is 18.6 Å². The smallest absolute Gasteiger partial charge is 0.262 e. The number of nitrogens with zero attached hydrogens (tertiary/aromatic N) is 4. The fraction of sp³-hybridized carbons (Fsp3) is 0.214. The predicted octanol–water partition coefficient (Wildman–Crippen LogP) is 4.10. The van der Waals surface area contributed by atoms with Crippen LogP contribution in [0.5, 0.6) is 0 Å². The molecule has 7 heteroatoms. The normalized spacial score (nSPS) is 12.1. The lowest BCUT2D eigenvalue weighted by Crippen LogP contribution is -2.27. The van der Waals surface area contributed by atoms with Gasteiger partial charge in [0, 0.05) is 19.4 Å². The maximum Gasteiger partial charge on any atom is 0.262 e. The molecule has 176 valence electrons. The first-order valence-electron chi connectivity index (χ1n) is 11.9. The summed E-state index contributed by atoms with van der Waals surface area (Å²) in [5.41, 5.74) is 2.87. The van der Waals surface area contributed by atoms with Crippen molar-refractivity contribution in [3.05, 3.63) is 112 Å². The third-order valence-electron chi connectivity index (χ3n) is 6.29. The standard InChI is InChI=1S/C28H27N5O2/c1-20(22-12-6-3-7-13-22)29-26(34)17-16-25-30-31-28-32(19-18-21-10-4-2-5-11-21)27(35)23-14-8-9-15-24(23)33(25)28/h2-15,20H,16-19H2,1H3,(H,29,34)/t20-/m1/s1. The van der Waals surface area contributed by atoms with Gasteiger partial charge in [-0.2, -0.15) is 0 Å². The van der Waals surface area contributed by atoms with E-state index in [1.807, 2.05) is 96.3 Å². The second kappa shape index (κ2) is 9.93. The molecule has 7 nitrogen and oxygen atoms in total. The second-order valence-electron chi connectivity index (χ2n) is 8.66. The Balaban J connectivity index is 1.42. The van der Waals surface area contributed by atoms with E-state index in [9.17, 15) is 9.59 Å². The van der Waals surface area contributed by atoms with Gasteiger partial charge in [-0.1, -0.05) is 72.8 Å². The van der Waals surface area contributed by atoms with Crippen LogP contribution in [0.25, 0.3) is 16.7 Å². The number of aryl methyl sites for hydroxylation is 3. The van der Waals surface area contributed by atoms with Gasteiger partial charge in [-0.25, -0.2) is 0 Å². The molecule has 0 radical (unpaired) electrons. The van der Waals surface area contributed by atoms with Crippen molar-refractivity contribution >= 4 is 22.6 Å². The highest BCUT2D eigenvalue weighted by Crippen LogP contribution is 2.17. The van der Waals surface area contributed by atoms with Crippen LogP contribution < -0.4 is 10.9 Å². The maximum absolute atomic E-state index is 13.3. The molecule has 1 atom stereocenters. The van der Waals surface area contributed by atoms with E-state index in [-0.39, 0.29) is 23.9 Å². The number of hydrogen-bond donors (Lipinski definition) is 1. The van der Waals surface area contributed by atoms with Gasteiger partial charge in [-0.05, 0) is 36.6 Å². The Morgan fingerprint density at radius 3 is 2.34 bits per heavy atom. The SMILES string of the molecule is C[C@@H](NC(=O)CCc1nnc2n(CCc3ccccc3)c(=O)c3ccccc3n12)c1ccccc1. The van der Waals surface area contributed by atoms with Crippen molar-refractivity contribution < 1.29 is 4.79 Å². The molecule has 2 heterocycles. The van der Waals surface area contributed by atoms with E-state index in [2.05, 4.69) is 15.5 Å². The number of rotatable bonds is 8. The lowest BCUT2D eigenvalue weighted by Gasteiger charge is -2.14. The van der Waals surface area contributed by atoms with E-state index in [0.29, 0.717) is 36.4 Å². The molecule has 0 aliphatic heterocycles. The Morgan fingerprint density at radius 2 is 1.57 bits per heavy atom. The summed E-state index contributed by atoms with van der Waals surface area (Å²) in [6.45, 7) is 2.46. The van der Waals surface area contributed by atoms with Crippen molar-refractivity contribution in [3.8, 4) is 0 Å². The monoisotopic (exact) mass is 465 g/mol. The molecule has 1 N–H and O–H groups in total. The highest BCUT2D eigenvalue weighted by atomic mass is 16.1. The quantitative estimate of drug-likeness (QED) is 0.374. The van der Waals surface area contributed by atoms with Crippen LogP contribution in [0.2, 0.25) is 0 Å². The number of fused-ring (bicyclic) bond motifs is 3. The molecule has 0 saturated heterocycles. The van der Waals surface area contributed by atoms with Gasteiger partial charge in [0.1, 0.15) is 5.82 Å². The number of amides is 1.